The lowest BCUT2D eigenvalue weighted by atomic mass is 10.2. The monoisotopic (exact) mass is 203 g/mol. The standard InChI is InChI=1S/C7H7F2N3O2/c8-7(9)5-1-4(12(13)14)3-11-6(5)2-10/h1,3,7H,2,10H2. The van der Waals surface area contributed by atoms with E-state index in [0.29, 0.717) is 0 Å². The molecule has 1 aromatic heterocycles. The Labute approximate surface area is 77.7 Å². The first-order chi connectivity index (χ1) is 6.56. The molecule has 1 rings (SSSR count). The van der Waals surface area contributed by atoms with Crippen LogP contribution in [0.3, 0.4) is 0 Å². The van der Waals surface area contributed by atoms with E-state index in [1.54, 1.807) is 0 Å². The quantitative estimate of drug-likeness (QED) is 0.594. The van der Waals surface area contributed by atoms with Crippen LogP contribution in [0.15, 0.2) is 12.3 Å². The zero-order chi connectivity index (χ0) is 10.7. The molecule has 14 heavy (non-hydrogen) atoms. The molecule has 0 saturated heterocycles. The van der Waals surface area contributed by atoms with Crippen molar-refractivity contribution in [3.05, 3.63) is 33.6 Å². The van der Waals surface area contributed by atoms with Crippen molar-refractivity contribution in [2.45, 2.75) is 13.0 Å². The predicted octanol–water partition coefficient (Wildman–Crippen LogP) is 1.39. The Kier molecular flexibility index (Phi) is 3.03. The summed E-state index contributed by atoms with van der Waals surface area (Å²) < 4.78 is 24.7. The van der Waals surface area contributed by atoms with E-state index in [-0.39, 0.29) is 12.2 Å². The smallest absolute Gasteiger partial charge is 0.288 e. The van der Waals surface area contributed by atoms with Crippen LogP contribution in [0, 0.1) is 10.1 Å². The fraction of sp³-hybridized carbons (Fsp3) is 0.286. The number of nitro groups is 1. The van der Waals surface area contributed by atoms with Gasteiger partial charge in [-0.1, -0.05) is 0 Å². The van der Waals surface area contributed by atoms with Crippen LogP contribution in [0.4, 0.5) is 14.5 Å². The van der Waals surface area contributed by atoms with Gasteiger partial charge < -0.3 is 5.73 Å². The third-order valence-electron chi connectivity index (χ3n) is 1.63. The average molecular weight is 203 g/mol. The molecule has 2 N–H and O–H groups in total. The van der Waals surface area contributed by atoms with Crippen LogP contribution in [-0.2, 0) is 6.54 Å². The predicted molar refractivity (Wildman–Crippen MR) is 43.7 cm³/mol. The fourth-order valence-electron chi connectivity index (χ4n) is 0.958. The van der Waals surface area contributed by atoms with E-state index in [2.05, 4.69) is 4.98 Å². The molecule has 0 aliphatic heterocycles. The molecule has 76 valence electrons. The molecular formula is C7H7F2N3O2. The van der Waals surface area contributed by atoms with Gasteiger partial charge in [0, 0.05) is 18.2 Å². The normalized spacial score (nSPS) is 10.6. The largest absolute Gasteiger partial charge is 0.325 e. The van der Waals surface area contributed by atoms with Crippen LogP contribution in [0.2, 0.25) is 0 Å². The molecule has 0 aliphatic rings. The highest BCUT2D eigenvalue weighted by atomic mass is 19.3. The summed E-state index contributed by atoms with van der Waals surface area (Å²) >= 11 is 0. The molecule has 5 nitrogen and oxygen atoms in total. The van der Waals surface area contributed by atoms with Gasteiger partial charge in [-0.15, -0.1) is 0 Å². The average Bonchev–Trinajstić information content (AvgIpc) is 2.16. The zero-order valence-corrected chi connectivity index (χ0v) is 6.98. The van der Waals surface area contributed by atoms with Crippen molar-refractivity contribution < 1.29 is 13.7 Å². The summed E-state index contributed by atoms with van der Waals surface area (Å²) in [6.45, 7) is -0.169. The van der Waals surface area contributed by atoms with E-state index >= 15 is 0 Å². The molecule has 0 aliphatic carbocycles. The number of nitrogens with zero attached hydrogens (tertiary/aromatic N) is 2. The van der Waals surface area contributed by atoms with Crippen LogP contribution in [-0.4, -0.2) is 9.91 Å². The summed E-state index contributed by atoms with van der Waals surface area (Å²) in [7, 11) is 0. The molecule has 0 saturated carbocycles. The minimum absolute atomic E-state index is 0.0226. The highest BCUT2D eigenvalue weighted by Crippen LogP contribution is 2.24. The molecule has 7 heteroatoms. The first kappa shape index (κ1) is 10.5. The second kappa shape index (κ2) is 4.05. The number of nitrogens with two attached hydrogens (primary N) is 1. The van der Waals surface area contributed by atoms with Gasteiger partial charge in [0.2, 0.25) is 0 Å². The second-order valence-corrected chi connectivity index (χ2v) is 2.49. The van der Waals surface area contributed by atoms with E-state index in [0.717, 1.165) is 12.3 Å². The van der Waals surface area contributed by atoms with Gasteiger partial charge >= 0.3 is 0 Å². The topological polar surface area (TPSA) is 82.0 Å². The van der Waals surface area contributed by atoms with Crippen molar-refractivity contribution in [2.75, 3.05) is 0 Å². The summed E-state index contributed by atoms with van der Waals surface area (Å²) in [6.07, 6.45) is -1.89. The van der Waals surface area contributed by atoms with Crippen LogP contribution in [0.25, 0.3) is 0 Å². The van der Waals surface area contributed by atoms with Crippen LogP contribution in [0.1, 0.15) is 17.7 Å². The SMILES string of the molecule is NCc1ncc([N+](=O)[O-])cc1C(F)F. The molecule has 0 fully saturated rings. The van der Waals surface area contributed by atoms with Gasteiger partial charge in [-0.05, 0) is 0 Å². The van der Waals surface area contributed by atoms with Gasteiger partial charge in [-0.2, -0.15) is 0 Å². The highest BCUT2D eigenvalue weighted by molar-refractivity contribution is 5.34. The molecule has 0 radical (unpaired) electrons. The summed E-state index contributed by atoms with van der Waals surface area (Å²) in [5.41, 5.74) is 4.18. The molecule has 1 aromatic rings. The molecule has 1 heterocycles. The van der Waals surface area contributed by atoms with E-state index in [4.69, 9.17) is 5.73 Å². The number of pyridine rings is 1. The van der Waals surface area contributed by atoms with Crippen molar-refractivity contribution in [3.63, 3.8) is 0 Å². The number of alkyl halides is 2. The van der Waals surface area contributed by atoms with E-state index in [1.807, 2.05) is 0 Å². The number of aromatic nitrogens is 1. The van der Waals surface area contributed by atoms with E-state index in [9.17, 15) is 18.9 Å². The van der Waals surface area contributed by atoms with E-state index < -0.39 is 22.6 Å². The first-order valence-electron chi connectivity index (χ1n) is 3.67. The maximum atomic E-state index is 12.3. The van der Waals surface area contributed by atoms with Crippen molar-refractivity contribution in [2.24, 2.45) is 5.73 Å². The van der Waals surface area contributed by atoms with Crippen molar-refractivity contribution in [1.82, 2.24) is 4.98 Å². The van der Waals surface area contributed by atoms with Gasteiger partial charge in [0.15, 0.2) is 0 Å². The second-order valence-electron chi connectivity index (χ2n) is 2.49. The highest BCUT2D eigenvalue weighted by Gasteiger charge is 2.17. The summed E-state index contributed by atoms with van der Waals surface area (Å²) in [5, 5.41) is 10.3. The minimum Gasteiger partial charge on any atom is -0.325 e. The summed E-state index contributed by atoms with van der Waals surface area (Å²) in [4.78, 5) is 13.0. The molecule has 0 bridgehead atoms. The Hall–Kier alpha value is -1.63. The molecule has 0 atom stereocenters. The Morgan fingerprint density at radius 1 is 1.64 bits per heavy atom. The lowest BCUT2D eigenvalue weighted by molar-refractivity contribution is -0.385. The van der Waals surface area contributed by atoms with Crippen LogP contribution < -0.4 is 5.73 Å². The number of halogens is 2. The molecule has 0 spiro atoms. The van der Waals surface area contributed by atoms with Crippen molar-refractivity contribution >= 4 is 5.69 Å². The van der Waals surface area contributed by atoms with Gasteiger partial charge in [-0.25, -0.2) is 8.78 Å². The Morgan fingerprint density at radius 3 is 2.71 bits per heavy atom. The molecule has 0 unspecified atom stereocenters. The van der Waals surface area contributed by atoms with Gasteiger partial charge in [0.25, 0.3) is 12.1 Å². The van der Waals surface area contributed by atoms with E-state index in [1.165, 1.54) is 0 Å². The Morgan fingerprint density at radius 2 is 2.29 bits per heavy atom. The minimum atomic E-state index is -2.80. The Bertz CT molecular complexity index is 357. The fourth-order valence-corrected chi connectivity index (χ4v) is 0.958. The summed E-state index contributed by atoms with van der Waals surface area (Å²) in [6, 6.07) is 0.792. The lowest BCUT2D eigenvalue weighted by Crippen LogP contribution is -2.06. The number of hydrogen-bond donors (Lipinski definition) is 1. The molecular weight excluding hydrogens is 196 g/mol. The van der Waals surface area contributed by atoms with Gasteiger partial charge in [-0.3, -0.25) is 15.1 Å². The number of hydrogen-bond acceptors (Lipinski definition) is 4. The third kappa shape index (κ3) is 1.99. The van der Waals surface area contributed by atoms with Crippen LogP contribution in [0.5, 0.6) is 0 Å². The lowest BCUT2D eigenvalue weighted by Gasteiger charge is -2.04. The van der Waals surface area contributed by atoms with Gasteiger partial charge in [0.05, 0.1) is 10.6 Å². The maximum absolute atomic E-state index is 12.3. The van der Waals surface area contributed by atoms with Crippen molar-refractivity contribution in [3.8, 4) is 0 Å². The van der Waals surface area contributed by atoms with Crippen molar-refractivity contribution in [1.29, 1.82) is 0 Å². The number of rotatable bonds is 3. The van der Waals surface area contributed by atoms with Crippen LogP contribution >= 0.6 is 0 Å². The molecule has 0 aromatic carbocycles. The summed E-state index contributed by atoms with van der Waals surface area (Å²) in [5.74, 6) is 0. The van der Waals surface area contributed by atoms with Gasteiger partial charge in [0.1, 0.15) is 6.20 Å². The zero-order valence-electron chi connectivity index (χ0n) is 6.98. The molecule has 0 amide bonds. The third-order valence-corrected chi connectivity index (χ3v) is 1.63. The first-order valence-corrected chi connectivity index (χ1v) is 3.67. The Balaban J connectivity index is 3.20. The maximum Gasteiger partial charge on any atom is 0.288 e.